The fourth-order valence-electron chi connectivity index (χ4n) is 8.51. The third-order valence-corrected chi connectivity index (χ3v) is 9.74. The van der Waals surface area contributed by atoms with Crippen LogP contribution >= 0.6 is 0 Å². The molecule has 4 aliphatic rings. The zero-order chi connectivity index (χ0) is 19.3. The van der Waals surface area contributed by atoms with Crippen molar-refractivity contribution in [1.82, 2.24) is 0 Å². The van der Waals surface area contributed by atoms with E-state index in [2.05, 4.69) is 6.92 Å². The molecule has 6 atom stereocenters. The van der Waals surface area contributed by atoms with E-state index in [1.807, 2.05) is 0 Å². The van der Waals surface area contributed by atoms with Crippen LogP contribution in [0, 0.1) is 41.4 Å². The van der Waals surface area contributed by atoms with E-state index in [0.29, 0.717) is 11.8 Å². The maximum absolute atomic E-state index is 11.5. The molecule has 4 fully saturated rings. The van der Waals surface area contributed by atoms with Gasteiger partial charge in [0.15, 0.2) is 0 Å². The minimum absolute atomic E-state index is 0.0152. The highest BCUT2D eigenvalue weighted by Crippen LogP contribution is 2.56. The van der Waals surface area contributed by atoms with Crippen LogP contribution in [0.3, 0.4) is 0 Å². The van der Waals surface area contributed by atoms with Gasteiger partial charge in [-0.25, -0.2) is 0 Å². The molecule has 1 heteroatoms. The number of aliphatic hydroxyl groups excluding tert-OH is 1. The molecular weight excluding hydrogens is 340 g/mol. The van der Waals surface area contributed by atoms with Gasteiger partial charge < -0.3 is 5.11 Å². The number of fused-ring (bicyclic) bond motifs is 1. The van der Waals surface area contributed by atoms with E-state index in [1.165, 1.54) is 116 Å². The molecule has 0 aromatic rings. The van der Waals surface area contributed by atoms with Gasteiger partial charge in [-0.05, 0) is 67.1 Å². The molecule has 0 saturated heterocycles. The highest BCUT2D eigenvalue weighted by Gasteiger charge is 2.51. The Balaban J connectivity index is 1.55. The van der Waals surface area contributed by atoms with Crippen LogP contribution in [0.5, 0.6) is 0 Å². The SMILES string of the molecule is CCCC1C(O)C2CCCCC2C(C2CCCCC2)C1CCC1CCCCC1. The van der Waals surface area contributed by atoms with Gasteiger partial charge >= 0.3 is 0 Å². The van der Waals surface area contributed by atoms with Crippen molar-refractivity contribution >= 4 is 0 Å². The number of rotatable bonds is 6. The molecule has 4 rings (SSSR count). The summed E-state index contributed by atoms with van der Waals surface area (Å²) in [6.07, 6.45) is 25.9. The minimum Gasteiger partial charge on any atom is -0.393 e. The largest absolute Gasteiger partial charge is 0.393 e. The Morgan fingerprint density at radius 2 is 1.21 bits per heavy atom. The van der Waals surface area contributed by atoms with Gasteiger partial charge in [0.2, 0.25) is 0 Å². The van der Waals surface area contributed by atoms with Crippen molar-refractivity contribution < 1.29 is 5.11 Å². The molecule has 4 aliphatic carbocycles. The molecule has 162 valence electrons. The van der Waals surface area contributed by atoms with Crippen LogP contribution in [0.15, 0.2) is 0 Å². The molecule has 0 amide bonds. The second kappa shape index (κ2) is 10.3. The molecule has 0 aliphatic heterocycles. The summed E-state index contributed by atoms with van der Waals surface area (Å²) in [6.45, 7) is 2.35. The summed E-state index contributed by atoms with van der Waals surface area (Å²) >= 11 is 0. The van der Waals surface area contributed by atoms with Crippen LogP contribution in [-0.4, -0.2) is 11.2 Å². The molecule has 0 radical (unpaired) electrons. The van der Waals surface area contributed by atoms with Gasteiger partial charge in [-0.3, -0.25) is 0 Å². The maximum atomic E-state index is 11.5. The van der Waals surface area contributed by atoms with Crippen molar-refractivity contribution in [2.24, 2.45) is 41.4 Å². The Morgan fingerprint density at radius 1 is 0.607 bits per heavy atom. The molecule has 0 aromatic heterocycles. The van der Waals surface area contributed by atoms with Crippen molar-refractivity contribution in [2.75, 3.05) is 0 Å². The first-order valence-corrected chi connectivity index (χ1v) is 13.5. The Morgan fingerprint density at radius 3 is 1.89 bits per heavy atom. The summed E-state index contributed by atoms with van der Waals surface area (Å²) in [6, 6.07) is 0. The van der Waals surface area contributed by atoms with E-state index in [0.717, 1.165) is 29.6 Å². The molecule has 0 aromatic carbocycles. The molecule has 0 bridgehead atoms. The van der Waals surface area contributed by atoms with Crippen molar-refractivity contribution in [3.8, 4) is 0 Å². The van der Waals surface area contributed by atoms with Crippen LogP contribution in [0.25, 0.3) is 0 Å². The van der Waals surface area contributed by atoms with Gasteiger partial charge in [-0.15, -0.1) is 0 Å². The van der Waals surface area contributed by atoms with Gasteiger partial charge in [0.25, 0.3) is 0 Å². The summed E-state index contributed by atoms with van der Waals surface area (Å²) in [5.74, 6) is 5.89. The smallest absolute Gasteiger partial charge is 0.0602 e. The van der Waals surface area contributed by atoms with E-state index in [-0.39, 0.29) is 6.10 Å². The molecule has 0 heterocycles. The molecule has 6 unspecified atom stereocenters. The predicted molar refractivity (Wildman–Crippen MR) is 119 cm³/mol. The Kier molecular flexibility index (Phi) is 7.81. The zero-order valence-corrected chi connectivity index (χ0v) is 18.8. The molecule has 1 nitrogen and oxygen atoms in total. The first kappa shape index (κ1) is 21.2. The quantitative estimate of drug-likeness (QED) is 0.493. The van der Waals surface area contributed by atoms with E-state index in [9.17, 15) is 5.11 Å². The second-order valence-electron chi connectivity index (χ2n) is 11.3. The third kappa shape index (κ3) is 4.65. The molecule has 1 N–H and O–H groups in total. The zero-order valence-electron chi connectivity index (χ0n) is 18.8. The average molecular weight is 389 g/mol. The lowest BCUT2D eigenvalue weighted by Gasteiger charge is -2.55. The predicted octanol–water partition coefficient (Wildman–Crippen LogP) is 7.76. The molecular formula is C27H48O. The van der Waals surface area contributed by atoms with Crippen LogP contribution in [0.1, 0.15) is 122 Å². The van der Waals surface area contributed by atoms with Crippen LogP contribution in [-0.2, 0) is 0 Å². The third-order valence-electron chi connectivity index (χ3n) is 9.74. The van der Waals surface area contributed by atoms with E-state index in [4.69, 9.17) is 0 Å². The lowest BCUT2D eigenvalue weighted by Crippen LogP contribution is -2.53. The molecule has 4 saturated carbocycles. The maximum Gasteiger partial charge on any atom is 0.0602 e. The van der Waals surface area contributed by atoms with Crippen molar-refractivity contribution in [2.45, 2.75) is 129 Å². The molecule has 28 heavy (non-hydrogen) atoms. The Bertz CT molecular complexity index is 447. The molecule has 0 spiro atoms. The highest BCUT2D eigenvalue weighted by atomic mass is 16.3. The van der Waals surface area contributed by atoms with Gasteiger partial charge in [0, 0.05) is 0 Å². The monoisotopic (exact) mass is 388 g/mol. The van der Waals surface area contributed by atoms with Gasteiger partial charge in [-0.1, -0.05) is 96.8 Å². The number of hydrogen-bond acceptors (Lipinski definition) is 1. The average Bonchev–Trinajstić information content (AvgIpc) is 2.76. The minimum atomic E-state index is 0.0152. The lowest BCUT2D eigenvalue weighted by molar-refractivity contribution is -0.122. The van der Waals surface area contributed by atoms with Crippen LogP contribution < -0.4 is 0 Å². The van der Waals surface area contributed by atoms with E-state index >= 15 is 0 Å². The topological polar surface area (TPSA) is 20.2 Å². The summed E-state index contributed by atoms with van der Waals surface area (Å²) in [7, 11) is 0. The second-order valence-corrected chi connectivity index (χ2v) is 11.3. The van der Waals surface area contributed by atoms with Gasteiger partial charge in [0.05, 0.1) is 6.10 Å². The van der Waals surface area contributed by atoms with Gasteiger partial charge in [0.1, 0.15) is 0 Å². The lowest BCUT2D eigenvalue weighted by atomic mass is 9.51. The highest BCUT2D eigenvalue weighted by molar-refractivity contribution is 5.00. The normalized spacial score (nSPS) is 40.9. The summed E-state index contributed by atoms with van der Waals surface area (Å²) in [4.78, 5) is 0. The van der Waals surface area contributed by atoms with Crippen LogP contribution in [0.2, 0.25) is 0 Å². The van der Waals surface area contributed by atoms with Crippen molar-refractivity contribution in [3.05, 3.63) is 0 Å². The Hall–Kier alpha value is -0.0400. The van der Waals surface area contributed by atoms with Crippen molar-refractivity contribution in [3.63, 3.8) is 0 Å². The number of hydrogen-bond donors (Lipinski definition) is 1. The fraction of sp³-hybridized carbons (Fsp3) is 1.00. The first-order chi connectivity index (χ1) is 13.8. The Labute approximate surface area is 175 Å². The van der Waals surface area contributed by atoms with Gasteiger partial charge in [-0.2, -0.15) is 0 Å². The van der Waals surface area contributed by atoms with Crippen LogP contribution in [0.4, 0.5) is 0 Å². The first-order valence-electron chi connectivity index (χ1n) is 13.5. The summed E-state index contributed by atoms with van der Waals surface area (Å²) in [5, 5.41) is 11.5. The van der Waals surface area contributed by atoms with E-state index in [1.54, 1.807) is 0 Å². The number of aliphatic hydroxyl groups is 1. The fourth-order valence-corrected chi connectivity index (χ4v) is 8.51. The summed E-state index contributed by atoms with van der Waals surface area (Å²) in [5.41, 5.74) is 0. The van der Waals surface area contributed by atoms with E-state index < -0.39 is 0 Å². The standard InChI is InChI=1S/C27H48O/c1-2-11-24-23(19-18-20-12-5-3-6-13-20)26(21-14-7-4-8-15-21)22-16-9-10-17-25(22)27(24)28/h20-28H,2-19H2,1H3. The van der Waals surface area contributed by atoms with Crippen molar-refractivity contribution in [1.29, 1.82) is 0 Å². The summed E-state index contributed by atoms with van der Waals surface area (Å²) < 4.78 is 0.